The SMILES string of the molecule is Brc1ccc(OC2CCCCC2)c(OC2CCCCC2)c1Br. The van der Waals surface area contributed by atoms with E-state index in [2.05, 4.69) is 31.9 Å². The summed E-state index contributed by atoms with van der Waals surface area (Å²) in [5.74, 6) is 1.78. The lowest BCUT2D eigenvalue weighted by Gasteiger charge is -2.28. The molecule has 22 heavy (non-hydrogen) atoms. The average molecular weight is 432 g/mol. The third kappa shape index (κ3) is 4.19. The highest BCUT2D eigenvalue weighted by Crippen LogP contribution is 2.43. The van der Waals surface area contributed by atoms with Crippen molar-refractivity contribution in [2.24, 2.45) is 0 Å². The van der Waals surface area contributed by atoms with Gasteiger partial charge in [0, 0.05) is 4.47 Å². The summed E-state index contributed by atoms with van der Waals surface area (Å²) in [4.78, 5) is 0. The third-order valence-electron chi connectivity index (χ3n) is 4.70. The van der Waals surface area contributed by atoms with Crippen LogP contribution in [0.5, 0.6) is 11.5 Å². The van der Waals surface area contributed by atoms with E-state index in [9.17, 15) is 0 Å². The van der Waals surface area contributed by atoms with E-state index in [0.717, 1.165) is 46.1 Å². The van der Waals surface area contributed by atoms with Crippen LogP contribution < -0.4 is 9.47 Å². The molecule has 2 saturated carbocycles. The second kappa shape index (κ2) is 8.05. The molecule has 122 valence electrons. The van der Waals surface area contributed by atoms with Gasteiger partial charge in [0.25, 0.3) is 0 Å². The van der Waals surface area contributed by atoms with Crippen LogP contribution in [0.15, 0.2) is 21.1 Å². The molecule has 0 amide bonds. The Hall–Kier alpha value is -0.220. The van der Waals surface area contributed by atoms with Crippen LogP contribution >= 0.6 is 31.9 Å². The van der Waals surface area contributed by atoms with E-state index in [0.29, 0.717) is 12.2 Å². The highest BCUT2D eigenvalue weighted by molar-refractivity contribution is 9.13. The minimum Gasteiger partial charge on any atom is -0.486 e. The molecule has 0 spiro atoms. The van der Waals surface area contributed by atoms with Crippen molar-refractivity contribution in [1.82, 2.24) is 0 Å². The number of hydrogen-bond donors (Lipinski definition) is 0. The highest BCUT2D eigenvalue weighted by atomic mass is 79.9. The predicted octanol–water partition coefficient (Wildman–Crippen LogP) is 6.63. The second-order valence-electron chi connectivity index (χ2n) is 6.44. The molecule has 0 N–H and O–H groups in total. The monoisotopic (exact) mass is 430 g/mol. The number of benzene rings is 1. The van der Waals surface area contributed by atoms with Crippen LogP contribution in [-0.2, 0) is 0 Å². The van der Waals surface area contributed by atoms with E-state index >= 15 is 0 Å². The first-order valence-electron chi connectivity index (χ1n) is 8.55. The minimum absolute atomic E-state index is 0.327. The van der Waals surface area contributed by atoms with Crippen LogP contribution in [0.4, 0.5) is 0 Å². The van der Waals surface area contributed by atoms with Gasteiger partial charge in [-0.2, -0.15) is 0 Å². The third-order valence-corrected chi connectivity index (χ3v) is 6.68. The van der Waals surface area contributed by atoms with E-state index in [1.165, 1.54) is 38.5 Å². The van der Waals surface area contributed by atoms with Crippen molar-refractivity contribution in [3.05, 3.63) is 21.1 Å². The van der Waals surface area contributed by atoms with Crippen LogP contribution in [0.1, 0.15) is 64.2 Å². The summed E-state index contributed by atoms with van der Waals surface area (Å²) in [5, 5.41) is 0. The van der Waals surface area contributed by atoms with E-state index in [4.69, 9.17) is 9.47 Å². The molecular formula is C18H24Br2O2. The molecule has 0 unspecified atom stereocenters. The summed E-state index contributed by atoms with van der Waals surface area (Å²) < 4.78 is 14.6. The highest BCUT2D eigenvalue weighted by Gasteiger charge is 2.23. The number of hydrogen-bond acceptors (Lipinski definition) is 2. The summed E-state index contributed by atoms with van der Waals surface area (Å²) in [5.41, 5.74) is 0. The van der Waals surface area contributed by atoms with Crippen LogP contribution in [0.2, 0.25) is 0 Å². The lowest BCUT2D eigenvalue weighted by Crippen LogP contribution is -2.22. The Bertz CT molecular complexity index is 492. The van der Waals surface area contributed by atoms with Gasteiger partial charge in [0.15, 0.2) is 11.5 Å². The van der Waals surface area contributed by atoms with Crippen molar-refractivity contribution < 1.29 is 9.47 Å². The lowest BCUT2D eigenvalue weighted by molar-refractivity contribution is 0.122. The van der Waals surface area contributed by atoms with Crippen molar-refractivity contribution in [3.8, 4) is 11.5 Å². The van der Waals surface area contributed by atoms with E-state index in [1.807, 2.05) is 12.1 Å². The first-order chi connectivity index (χ1) is 10.7. The Labute approximate surface area is 150 Å². The van der Waals surface area contributed by atoms with Crippen molar-refractivity contribution >= 4 is 31.9 Å². The van der Waals surface area contributed by atoms with Gasteiger partial charge in [-0.05, 0) is 95.4 Å². The van der Waals surface area contributed by atoms with Gasteiger partial charge in [-0.15, -0.1) is 0 Å². The molecule has 0 aliphatic heterocycles. The van der Waals surface area contributed by atoms with Crippen LogP contribution in [0, 0.1) is 0 Å². The molecule has 4 heteroatoms. The van der Waals surface area contributed by atoms with Crippen molar-refractivity contribution in [3.63, 3.8) is 0 Å². The maximum Gasteiger partial charge on any atom is 0.176 e. The van der Waals surface area contributed by atoms with Crippen molar-refractivity contribution in [2.75, 3.05) is 0 Å². The molecule has 2 aliphatic rings. The van der Waals surface area contributed by atoms with Crippen LogP contribution in [-0.4, -0.2) is 12.2 Å². The topological polar surface area (TPSA) is 18.5 Å². The zero-order chi connectivity index (χ0) is 15.4. The van der Waals surface area contributed by atoms with Gasteiger partial charge >= 0.3 is 0 Å². The molecule has 2 fully saturated rings. The molecule has 2 aliphatic carbocycles. The molecule has 0 saturated heterocycles. The van der Waals surface area contributed by atoms with E-state index in [-0.39, 0.29) is 0 Å². The second-order valence-corrected chi connectivity index (χ2v) is 8.09. The Kier molecular flexibility index (Phi) is 6.09. The Morgan fingerprint density at radius 3 is 1.86 bits per heavy atom. The van der Waals surface area contributed by atoms with Crippen LogP contribution in [0.25, 0.3) is 0 Å². The largest absolute Gasteiger partial charge is 0.486 e. The quantitative estimate of drug-likeness (QED) is 0.532. The smallest absolute Gasteiger partial charge is 0.176 e. The predicted molar refractivity (Wildman–Crippen MR) is 96.8 cm³/mol. The normalized spacial score (nSPS) is 20.8. The first-order valence-corrected chi connectivity index (χ1v) is 10.1. The molecule has 3 rings (SSSR count). The number of rotatable bonds is 4. The molecule has 1 aromatic carbocycles. The standard InChI is InChI=1S/C18H24Br2O2/c19-15-11-12-16(21-13-7-3-1-4-8-13)18(17(15)20)22-14-9-5-2-6-10-14/h11-14H,1-10H2. The number of halogens is 2. The van der Waals surface area contributed by atoms with Crippen LogP contribution in [0.3, 0.4) is 0 Å². The molecular weight excluding hydrogens is 408 g/mol. The summed E-state index contributed by atoms with van der Waals surface area (Å²) >= 11 is 7.26. The average Bonchev–Trinajstić information content (AvgIpc) is 2.56. The van der Waals surface area contributed by atoms with Gasteiger partial charge in [-0.1, -0.05) is 12.8 Å². The Morgan fingerprint density at radius 2 is 1.27 bits per heavy atom. The minimum atomic E-state index is 0.327. The van der Waals surface area contributed by atoms with E-state index < -0.39 is 0 Å². The molecule has 0 radical (unpaired) electrons. The maximum absolute atomic E-state index is 6.34. The molecule has 2 nitrogen and oxygen atoms in total. The fourth-order valence-corrected chi connectivity index (χ4v) is 4.16. The lowest BCUT2D eigenvalue weighted by atomic mass is 9.97. The van der Waals surface area contributed by atoms with Gasteiger partial charge in [-0.25, -0.2) is 0 Å². The van der Waals surface area contributed by atoms with Gasteiger partial charge in [0.2, 0.25) is 0 Å². The fraction of sp³-hybridized carbons (Fsp3) is 0.667. The molecule has 0 aromatic heterocycles. The summed E-state index contributed by atoms with van der Waals surface area (Å²) in [6.45, 7) is 0. The van der Waals surface area contributed by atoms with Gasteiger partial charge in [0.05, 0.1) is 16.7 Å². The molecule has 0 bridgehead atoms. The maximum atomic E-state index is 6.34. The summed E-state index contributed by atoms with van der Waals surface area (Å²) in [6, 6.07) is 4.08. The molecule has 0 atom stereocenters. The Balaban J connectivity index is 1.77. The molecule has 1 aromatic rings. The van der Waals surface area contributed by atoms with Gasteiger partial charge < -0.3 is 9.47 Å². The molecule has 0 heterocycles. The van der Waals surface area contributed by atoms with Gasteiger partial charge in [0.1, 0.15) is 0 Å². The number of ether oxygens (including phenoxy) is 2. The summed E-state index contributed by atoms with van der Waals surface area (Å²) in [7, 11) is 0. The fourth-order valence-electron chi connectivity index (χ4n) is 3.43. The summed E-state index contributed by atoms with van der Waals surface area (Å²) in [6.07, 6.45) is 13.1. The van der Waals surface area contributed by atoms with Crippen molar-refractivity contribution in [2.45, 2.75) is 76.4 Å². The Morgan fingerprint density at radius 1 is 0.727 bits per heavy atom. The zero-order valence-electron chi connectivity index (χ0n) is 13.0. The zero-order valence-corrected chi connectivity index (χ0v) is 16.1. The van der Waals surface area contributed by atoms with E-state index in [1.54, 1.807) is 0 Å². The first kappa shape index (κ1) is 16.6. The van der Waals surface area contributed by atoms with Crippen molar-refractivity contribution in [1.29, 1.82) is 0 Å². The van der Waals surface area contributed by atoms with Gasteiger partial charge in [-0.3, -0.25) is 0 Å².